The summed E-state index contributed by atoms with van der Waals surface area (Å²) in [6, 6.07) is 30.6. The van der Waals surface area contributed by atoms with Gasteiger partial charge in [-0.15, -0.1) is 0 Å². The fraction of sp³-hybridized carbons (Fsp3) is 0.273. The zero-order valence-electron chi connectivity index (χ0n) is 22.0. The first-order chi connectivity index (χ1) is 18.7. The number of fused-ring (bicyclic) bond motifs is 2. The number of aryl methyl sites for hydroxylation is 3. The largest absolute Gasteiger partial charge is 0.493 e. The lowest BCUT2D eigenvalue weighted by molar-refractivity contribution is 0.0952. The maximum atomic E-state index is 12.4. The third-order valence-electron chi connectivity index (χ3n) is 7.02. The van der Waals surface area contributed by atoms with Crippen molar-refractivity contribution < 1.29 is 9.53 Å². The summed E-state index contributed by atoms with van der Waals surface area (Å²) in [6.07, 6.45) is 4.86. The van der Waals surface area contributed by atoms with Crippen LogP contribution in [0.3, 0.4) is 0 Å². The van der Waals surface area contributed by atoms with Gasteiger partial charge < -0.3 is 14.6 Å². The molecular formula is C33H35N3O2. The predicted octanol–water partition coefficient (Wildman–Crippen LogP) is 7.11. The van der Waals surface area contributed by atoms with Crippen LogP contribution in [0.15, 0.2) is 91.0 Å². The molecule has 0 unspecified atom stereocenters. The average molecular weight is 506 g/mol. The van der Waals surface area contributed by atoms with E-state index in [0.717, 1.165) is 72.3 Å². The van der Waals surface area contributed by atoms with Gasteiger partial charge in [0.25, 0.3) is 5.91 Å². The molecule has 1 amide bonds. The summed E-state index contributed by atoms with van der Waals surface area (Å²) in [5.74, 6) is 2.07. The summed E-state index contributed by atoms with van der Waals surface area (Å²) in [7, 11) is 0. The molecule has 0 aliphatic carbocycles. The lowest BCUT2D eigenvalue weighted by Crippen LogP contribution is -2.25. The van der Waals surface area contributed by atoms with Crippen LogP contribution < -0.4 is 10.1 Å². The Morgan fingerprint density at radius 3 is 2.55 bits per heavy atom. The highest BCUT2D eigenvalue weighted by molar-refractivity contribution is 5.95. The number of unbranched alkanes of at least 4 members (excludes halogenated alkanes) is 2. The number of benzene rings is 4. The molecule has 0 aliphatic rings. The zero-order chi connectivity index (χ0) is 26.2. The Bertz CT molecular complexity index is 1520. The Labute approximate surface area is 224 Å². The molecule has 0 fully saturated rings. The predicted molar refractivity (Wildman–Crippen MR) is 155 cm³/mol. The number of amides is 1. The Kier molecular flexibility index (Phi) is 8.34. The fourth-order valence-electron chi connectivity index (χ4n) is 5.00. The minimum absolute atomic E-state index is 0.00983. The van der Waals surface area contributed by atoms with Crippen molar-refractivity contribution in [2.24, 2.45) is 0 Å². The molecule has 5 aromatic rings. The van der Waals surface area contributed by atoms with Gasteiger partial charge in [-0.05, 0) is 61.4 Å². The number of rotatable bonds is 12. The van der Waals surface area contributed by atoms with Crippen LogP contribution in [0.4, 0.5) is 0 Å². The van der Waals surface area contributed by atoms with Crippen LogP contribution in [-0.2, 0) is 13.0 Å². The van der Waals surface area contributed by atoms with Crippen molar-refractivity contribution in [3.63, 3.8) is 0 Å². The molecule has 0 atom stereocenters. The minimum Gasteiger partial charge on any atom is -0.493 e. The molecule has 0 bridgehead atoms. The molecule has 0 saturated heterocycles. The highest BCUT2D eigenvalue weighted by Crippen LogP contribution is 2.25. The average Bonchev–Trinajstić information content (AvgIpc) is 3.30. The van der Waals surface area contributed by atoms with Crippen LogP contribution in [0.1, 0.15) is 47.4 Å². The summed E-state index contributed by atoms with van der Waals surface area (Å²) in [4.78, 5) is 17.3. The molecule has 5 nitrogen and oxygen atoms in total. The first-order valence-electron chi connectivity index (χ1n) is 13.6. The molecule has 0 radical (unpaired) electrons. The minimum atomic E-state index is 0.00983. The Hall–Kier alpha value is -4.12. The number of hydrogen-bond acceptors (Lipinski definition) is 3. The van der Waals surface area contributed by atoms with E-state index in [2.05, 4.69) is 58.4 Å². The number of carbonyl (C=O) groups is 1. The van der Waals surface area contributed by atoms with Crippen molar-refractivity contribution in [3.8, 4) is 5.75 Å². The van der Waals surface area contributed by atoms with Gasteiger partial charge in [-0.2, -0.15) is 0 Å². The summed E-state index contributed by atoms with van der Waals surface area (Å²) in [6.45, 7) is 4.18. The van der Waals surface area contributed by atoms with E-state index in [9.17, 15) is 4.79 Å². The van der Waals surface area contributed by atoms with Crippen LogP contribution in [0.25, 0.3) is 21.8 Å². The van der Waals surface area contributed by atoms with E-state index in [1.54, 1.807) is 0 Å². The van der Waals surface area contributed by atoms with Gasteiger partial charge in [0.1, 0.15) is 11.6 Å². The molecule has 194 valence electrons. The maximum Gasteiger partial charge on any atom is 0.251 e. The zero-order valence-corrected chi connectivity index (χ0v) is 22.0. The van der Waals surface area contributed by atoms with Crippen molar-refractivity contribution in [3.05, 3.63) is 108 Å². The van der Waals surface area contributed by atoms with E-state index in [0.29, 0.717) is 13.2 Å². The highest BCUT2D eigenvalue weighted by Gasteiger charge is 2.11. The van der Waals surface area contributed by atoms with Crippen LogP contribution in [0, 0.1) is 6.92 Å². The maximum absolute atomic E-state index is 12.4. The van der Waals surface area contributed by atoms with Gasteiger partial charge in [-0.3, -0.25) is 4.79 Å². The van der Waals surface area contributed by atoms with E-state index in [1.807, 2.05) is 49.4 Å². The third kappa shape index (κ3) is 6.05. The molecule has 5 rings (SSSR count). The SMILES string of the molecule is Cc1ccccc1C(=O)NCCCCCc1nc2ccccc2n1CCCOc1cccc2ccccc12. The molecule has 1 N–H and O–H groups in total. The van der Waals surface area contributed by atoms with Crippen molar-refractivity contribution >= 4 is 27.7 Å². The van der Waals surface area contributed by atoms with E-state index in [4.69, 9.17) is 9.72 Å². The highest BCUT2D eigenvalue weighted by atomic mass is 16.5. The summed E-state index contributed by atoms with van der Waals surface area (Å²) >= 11 is 0. The summed E-state index contributed by atoms with van der Waals surface area (Å²) in [5.41, 5.74) is 3.98. The van der Waals surface area contributed by atoms with E-state index in [-0.39, 0.29) is 5.91 Å². The summed E-state index contributed by atoms with van der Waals surface area (Å²) in [5, 5.41) is 5.41. The van der Waals surface area contributed by atoms with Gasteiger partial charge in [0.2, 0.25) is 0 Å². The fourth-order valence-corrected chi connectivity index (χ4v) is 5.00. The number of nitrogens with zero attached hydrogens (tertiary/aromatic N) is 2. The van der Waals surface area contributed by atoms with E-state index in [1.165, 1.54) is 10.9 Å². The van der Waals surface area contributed by atoms with Crippen molar-refractivity contribution in [1.82, 2.24) is 14.9 Å². The lowest BCUT2D eigenvalue weighted by Gasteiger charge is -2.12. The molecular weight excluding hydrogens is 470 g/mol. The molecule has 1 aromatic heterocycles. The second-order valence-electron chi connectivity index (χ2n) is 9.73. The first-order valence-corrected chi connectivity index (χ1v) is 13.6. The van der Waals surface area contributed by atoms with Crippen molar-refractivity contribution in [1.29, 1.82) is 0 Å². The monoisotopic (exact) mass is 505 g/mol. The normalized spacial score (nSPS) is 11.2. The van der Waals surface area contributed by atoms with Crippen molar-refractivity contribution in [2.75, 3.05) is 13.2 Å². The van der Waals surface area contributed by atoms with E-state index < -0.39 is 0 Å². The Morgan fingerprint density at radius 2 is 1.63 bits per heavy atom. The Balaban J connectivity index is 1.12. The Morgan fingerprint density at radius 1 is 0.842 bits per heavy atom. The molecule has 5 heteroatoms. The van der Waals surface area contributed by atoms with E-state index >= 15 is 0 Å². The number of hydrogen-bond donors (Lipinski definition) is 1. The molecule has 1 heterocycles. The van der Waals surface area contributed by atoms with Crippen LogP contribution >= 0.6 is 0 Å². The first kappa shape index (κ1) is 25.5. The van der Waals surface area contributed by atoms with Gasteiger partial charge in [-0.25, -0.2) is 4.98 Å². The van der Waals surface area contributed by atoms with Crippen molar-refractivity contribution in [2.45, 2.75) is 45.6 Å². The quantitative estimate of drug-likeness (QED) is 0.184. The molecule has 38 heavy (non-hydrogen) atoms. The van der Waals surface area contributed by atoms with Gasteiger partial charge in [-0.1, -0.05) is 73.2 Å². The molecule has 0 aliphatic heterocycles. The second-order valence-corrected chi connectivity index (χ2v) is 9.73. The number of ether oxygens (including phenoxy) is 1. The third-order valence-corrected chi connectivity index (χ3v) is 7.02. The number of para-hydroxylation sites is 2. The summed E-state index contributed by atoms with van der Waals surface area (Å²) < 4.78 is 8.53. The molecule has 0 saturated carbocycles. The lowest BCUT2D eigenvalue weighted by atomic mass is 10.1. The van der Waals surface area contributed by atoms with Crippen LogP contribution in [0.5, 0.6) is 5.75 Å². The molecule has 4 aromatic carbocycles. The van der Waals surface area contributed by atoms with Gasteiger partial charge in [0.15, 0.2) is 0 Å². The topological polar surface area (TPSA) is 56.2 Å². The van der Waals surface area contributed by atoms with Gasteiger partial charge >= 0.3 is 0 Å². The second kappa shape index (κ2) is 12.4. The molecule has 0 spiro atoms. The number of carbonyl (C=O) groups excluding carboxylic acids is 1. The number of aromatic nitrogens is 2. The van der Waals surface area contributed by atoms with Crippen LogP contribution in [-0.4, -0.2) is 28.6 Å². The smallest absolute Gasteiger partial charge is 0.251 e. The number of imidazole rings is 1. The van der Waals surface area contributed by atoms with Gasteiger partial charge in [0.05, 0.1) is 17.6 Å². The van der Waals surface area contributed by atoms with Gasteiger partial charge in [0, 0.05) is 30.5 Å². The van der Waals surface area contributed by atoms with Crippen LogP contribution in [0.2, 0.25) is 0 Å². The number of nitrogens with one attached hydrogen (secondary N) is 1. The standard InChI is InChI=1S/C33H35N3O2/c1-25-13-4-6-16-27(25)33(37)34-22-10-2-3-21-32-35-29-18-8-9-19-30(29)36(32)23-12-24-38-31-20-11-15-26-14-5-7-17-28(26)31/h4-9,11,13-20H,2-3,10,12,21-24H2,1H3,(H,34,37).